The van der Waals surface area contributed by atoms with Crippen LogP contribution >= 0.6 is 0 Å². The summed E-state index contributed by atoms with van der Waals surface area (Å²) in [7, 11) is 0. The molecule has 0 spiro atoms. The Bertz CT molecular complexity index is 584. The minimum absolute atomic E-state index is 0.377. The highest BCUT2D eigenvalue weighted by Crippen LogP contribution is 2.30. The molecule has 0 N–H and O–H groups in total. The zero-order valence-electron chi connectivity index (χ0n) is 9.77. The van der Waals surface area contributed by atoms with Gasteiger partial charge in [-0.3, -0.25) is 4.79 Å². The number of rotatable bonds is 2. The molecule has 0 radical (unpaired) electrons. The third-order valence-electron chi connectivity index (χ3n) is 3.30. The number of aldehydes is 1. The molecule has 3 heteroatoms. The van der Waals surface area contributed by atoms with Crippen molar-refractivity contribution >= 4 is 12.0 Å². The second-order valence-corrected chi connectivity index (χ2v) is 4.45. The van der Waals surface area contributed by atoms with E-state index in [-0.39, 0.29) is 5.82 Å². The summed E-state index contributed by atoms with van der Waals surface area (Å²) in [5.74, 6) is -0.377. The maximum atomic E-state index is 13.1. The van der Waals surface area contributed by atoms with Crippen molar-refractivity contribution in [3.63, 3.8) is 0 Å². The summed E-state index contributed by atoms with van der Waals surface area (Å²) in [5.41, 5.74) is 3.72. The Morgan fingerprint density at radius 2 is 1.72 bits per heavy atom. The van der Waals surface area contributed by atoms with Gasteiger partial charge in [-0.2, -0.15) is 0 Å². The van der Waals surface area contributed by atoms with Gasteiger partial charge >= 0.3 is 0 Å². The van der Waals surface area contributed by atoms with Gasteiger partial charge in [0.15, 0.2) is 6.29 Å². The van der Waals surface area contributed by atoms with E-state index in [4.69, 9.17) is 0 Å². The predicted molar refractivity (Wildman–Crippen MR) is 68.1 cm³/mol. The average Bonchev–Trinajstić information content (AvgIpc) is 2.82. The van der Waals surface area contributed by atoms with Gasteiger partial charge in [-0.15, -0.1) is 0 Å². The highest BCUT2D eigenvalue weighted by Gasteiger charge is 2.20. The average molecular weight is 241 g/mol. The minimum atomic E-state index is -0.377. The molecule has 90 valence electrons. The van der Waals surface area contributed by atoms with Gasteiger partial charge in [0.2, 0.25) is 0 Å². The van der Waals surface area contributed by atoms with Crippen LogP contribution in [0.5, 0.6) is 0 Å². The van der Waals surface area contributed by atoms with E-state index in [0.29, 0.717) is 11.8 Å². The molecule has 0 bridgehead atoms. The molecule has 0 unspecified atom stereocenters. The fourth-order valence-corrected chi connectivity index (χ4v) is 2.41. The Hall–Kier alpha value is -2.16. The molecule has 2 aromatic carbocycles. The number of benzene rings is 2. The normalized spacial score (nSPS) is 13.5. The minimum Gasteiger partial charge on any atom is -0.362 e. The lowest BCUT2D eigenvalue weighted by molar-refractivity contribution is 0.112. The lowest BCUT2D eigenvalue weighted by Crippen LogP contribution is -2.16. The maximum absolute atomic E-state index is 13.1. The van der Waals surface area contributed by atoms with Crippen LogP contribution in [0.15, 0.2) is 42.5 Å². The van der Waals surface area contributed by atoms with Crippen LogP contribution in [0.3, 0.4) is 0 Å². The fraction of sp³-hybridized carbons (Fsp3) is 0.133. The Labute approximate surface area is 105 Å². The van der Waals surface area contributed by atoms with Crippen molar-refractivity contribution in [3.8, 4) is 0 Å². The van der Waals surface area contributed by atoms with E-state index in [1.54, 1.807) is 6.07 Å². The van der Waals surface area contributed by atoms with E-state index < -0.39 is 0 Å². The summed E-state index contributed by atoms with van der Waals surface area (Å²) >= 11 is 0. The van der Waals surface area contributed by atoms with Crippen molar-refractivity contribution in [3.05, 3.63) is 65.0 Å². The lowest BCUT2D eigenvalue weighted by Gasteiger charge is -2.19. The standard InChI is InChI=1S/C15H12FNO/c16-14-5-6-15(13(7-14)10-18)17-8-11-3-1-2-4-12(11)9-17/h1-7,10H,8-9H2. The van der Waals surface area contributed by atoms with Crippen LogP contribution < -0.4 is 4.90 Å². The van der Waals surface area contributed by atoms with Gasteiger partial charge in [0.1, 0.15) is 5.82 Å². The number of fused-ring (bicyclic) bond motifs is 1. The molecule has 0 aliphatic carbocycles. The first kappa shape index (κ1) is 11.0. The maximum Gasteiger partial charge on any atom is 0.152 e. The topological polar surface area (TPSA) is 20.3 Å². The van der Waals surface area contributed by atoms with Crippen molar-refractivity contribution in [2.75, 3.05) is 4.90 Å². The number of halogens is 1. The monoisotopic (exact) mass is 241 g/mol. The molecule has 0 atom stereocenters. The Morgan fingerprint density at radius 1 is 1.06 bits per heavy atom. The molecule has 1 aliphatic rings. The highest BCUT2D eigenvalue weighted by molar-refractivity contribution is 5.84. The molecule has 0 aromatic heterocycles. The first-order valence-corrected chi connectivity index (χ1v) is 5.84. The van der Waals surface area contributed by atoms with Crippen LogP contribution in [0.25, 0.3) is 0 Å². The van der Waals surface area contributed by atoms with Gasteiger partial charge in [0.25, 0.3) is 0 Å². The van der Waals surface area contributed by atoms with E-state index in [9.17, 15) is 9.18 Å². The van der Waals surface area contributed by atoms with Gasteiger partial charge in [0.05, 0.1) is 0 Å². The van der Waals surface area contributed by atoms with Crippen molar-refractivity contribution in [1.82, 2.24) is 0 Å². The molecule has 0 saturated heterocycles. The molecule has 3 rings (SSSR count). The van der Waals surface area contributed by atoms with Gasteiger partial charge in [-0.05, 0) is 29.3 Å². The van der Waals surface area contributed by atoms with Gasteiger partial charge < -0.3 is 4.90 Å². The third kappa shape index (κ3) is 1.78. The van der Waals surface area contributed by atoms with E-state index in [2.05, 4.69) is 17.0 Å². The van der Waals surface area contributed by atoms with Crippen molar-refractivity contribution in [2.45, 2.75) is 13.1 Å². The fourth-order valence-electron chi connectivity index (χ4n) is 2.41. The summed E-state index contributed by atoms with van der Waals surface area (Å²) in [6, 6.07) is 12.5. The van der Waals surface area contributed by atoms with Crippen LogP contribution in [0.2, 0.25) is 0 Å². The van der Waals surface area contributed by atoms with Crippen LogP contribution in [0, 0.1) is 5.82 Å². The van der Waals surface area contributed by atoms with Gasteiger partial charge in [-0.1, -0.05) is 24.3 Å². The number of carbonyl (C=O) groups is 1. The number of hydrogen-bond acceptors (Lipinski definition) is 2. The molecule has 0 saturated carbocycles. The van der Waals surface area contributed by atoms with Crippen molar-refractivity contribution in [2.24, 2.45) is 0 Å². The van der Waals surface area contributed by atoms with Gasteiger partial charge in [-0.25, -0.2) is 4.39 Å². The molecular weight excluding hydrogens is 229 g/mol. The van der Waals surface area contributed by atoms with E-state index in [0.717, 1.165) is 18.8 Å². The number of carbonyl (C=O) groups excluding carboxylic acids is 1. The largest absolute Gasteiger partial charge is 0.362 e. The first-order chi connectivity index (χ1) is 8.78. The highest BCUT2D eigenvalue weighted by atomic mass is 19.1. The van der Waals surface area contributed by atoms with Crippen LogP contribution in [0.4, 0.5) is 10.1 Å². The summed E-state index contributed by atoms with van der Waals surface area (Å²) in [5, 5.41) is 0. The van der Waals surface area contributed by atoms with Crippen LogP contribution in [-0.2, 0) is 13.1 Å². The predicted octanol–water partition coefficient (Wildman–Crippen LogP) is 3.16. The Balaban J connectivity index is 1.97. The van der Waals surface area contributed by atoms with E-state index in [1.165, 1.54) is 23.3 Å². The molecule has 18 heavy (non-hydrogen) atoms. The second kappa shape index (κ2) is 4.26. The summed E-state index contributed by atoms with van der Waals surface area (Å²) in [4.78, 5) is 13.1. The SMILES string of the molecule is O=Cc1cc(F)ccc1N1Cc2ccccc2C1. The van der Waals surface area contributed by atoms with E-state index in [1.807, 2.05) is 12.1 Å². The second-order valence-electron chi connectivity index (χ2n) is 4.45. The third-order valence-corrected chi connectivity index (χ3v) is 3.30. The van der Waals surface area contributed by atoms with Gasteiger partial charge in [0, 0.05) is 24.3 Å². The number of anilines is 1. The quantitative estimate of drug-likeness (QED) is 0.753. The molecule has 0 amide bonds. The molecule has 1 aliphatic heterocycles. The number of nitrogens with zero attached hydrogens (tertiary/aromatic N) is 1. The lowest BCUT2D eigenvalue weighted by atomic mass is 10.1. The molecule has 2 aromatic rings. The Morgan fingerprint density at radius 3 is 2.33 bits per heavy atom. The summed E-state index contributed by atoms with van der Waals surface area (Å²) in [6.07, 6.45) is 0.710. The van der Waals surface area contributed by atoms with E-state index >= 15 is 0 Å². The molecular formula is C15H12FNO. The first-order valence-electron chi connectivity index (χ1n) is 5.84. The number of hydrogen-bond donors (Lipinski definition) is 0. The Kier molecular flexibility index (Phi) is 2.59. The zero-order chi connectivity index (χ0) is 12.5. The summed E-state index contributed by atoms with van der Waals surface area (Å²) in [6.45, 7) is 1.53. The van der Waals surface area contributed by atoms with Crippen molar-refractivity contribution < 1.29 is 9.18 Å². The van der Waals surface area contributed by atoms with Crippen LogP contribution in [-0.4, -0.2) is 6.29 Å². The summed E-state index contributed by atoms with van der Waals surface area (Å²) < 4.78 is 13.1. The zero-order valence-corrected chi connectivity index (χ0v) is 9.77. The smallest absolute Gasteiger partial charge is 0.152 e. The molecule has 0 fully saturated rings. The van der Waals surface area contributed by atoms with Crippen LogP contribution in [0.1, 0.15) is 21.5 Å². The van der Waals surface area contributed by atoms with Crippen molar-refractivity contribution in [1.29, 1.82) is 0 Å². The molecule has 1 heterocycles. The molecule has 2 nitrogen and oxygen atoms in total.